The number of carboxylic acid groups (broad SMARTS) is 1. The maximum Gasteiger partial charge on any atom is 0.326 e. The molecule has 1 heterocycles. The SMILES string of the molecule is COc1ccc(Cl)cc1CN[C@H]1[C@H](C(C)(C)C)[C@@H](C(=O)O)N(C(=O)C2CCCCC2)[C@H]1c1ccccc1. The maximum atomic E-state index is 14.1. The smallest absolute Gasteiger partial charge is 0.326 e. The number of carboxylic acids is 1. The minimum absolute atomic E-state index is 0.0279. The van der Waals surface area contributed by atoms with Gasteiger partial charge in [0.25, 0.3) is 0 Å². The molecule has 1 aliphatic heterocycles. The van der Waals surface area contributed by atoms with Crippen molar-refractivity contribution in [3.8, 4) is 5.75 Å². The number of methoxy groups -OCH3 is 1. The van der Waals surface area contributed by atoms with Gasteiger partial charge in [-0.3, -0.25) is 4.79 Å². The monoisotopic (exact) mass is 526 g/mol. The van der Waals surface area contributed by atoms with E-state index >= 15 is 0 Å². The van der Waals surface area contributed by atoms with E-state index in [-0.39, 0.29) is 29.2 Å². The first-order chi connectivity index (χ1) is 17.6. The largest absolute Gasteiger partial charge is 0.496 e. The summed E-state index contributed by atoms with van der Waals surface area (Å²) in [7, 11) is 1.62. The van der Waals surface area contributed by atoms with Crippen molar-refractivity contribution in [1.29, 1.82) is 0 Å². The number of ether oxygens (including phenoxy) is 1. The molecule has 2 aliphatic rings. The second kappa shape index (κ2) is 11.4. The van der Waals surface area contributed by atoms with Crippen LogP contribution in [0.4, 0.5) is 0 Å². The number of benzene rings is 2. The Morgan fingerprint density at radius 3 is 2.35 bits per heavy atom. The molecular weight excluding hydrogens is 488 g/mol. The van der Waals surface area contributed by atoms with Gasteiger partial charge in [-0.05, 0) is 42.0 Å². The van der Waals surface area contributed by atoms with Crippen LogP contribution in [-0.2, 0) is 16.1 Å². The molecule has 0 radical (unpaired) electrons. The van der Waals surface area contributed by atoms with Crippen molar-refractivity contribution in [3.63, 3.8) is 0 Å². The summed E-state index contributed by atoms with van der Waals surface area (Å²) in [6.45, 7) is 6.64. The summed E-state index contributed by atoms with van der Waals surface area (Å²) < 4.78 is 5.56. The highest BCUT2D eigenvalue weighted by Gasteiger charge is 2.58. The predicted octanol–water partition coefficient (Wildman–Crippen LogP) is 6.09. The molecule has 2 N–H and O–H groups in total. The molecule has 1 aliphatic carbocycles. The third-order valence-electron chi connectivity index (χ3n) is 8.04. The summed E-state index contributed by atoms with van der Waals surface area (Å²) in [4.78, 5) is 28.8. The molecule has 6 nitrogen and oxygen atoms in total. The number of carbonyl (C=O) groups excluding carboxylic acids is 1. The molecule has 0 spiro atoms. The first kappa shape index (κ1) is 27.5. The second-order valence-electron chi connectivity index (χ2n) is 11.5. The fourth-order valence-electron chi connectivity index (χ4n) is 6.40. The number of hydrogen-bond acceptors (Lipinski definition) is 4. The zero-order valence-electron chi connectivity index (χ0n) is 22.2. The molecule has 37 heavy (non-hydrogen) atoms. The van der Waals surface area contributed by atoms with Gasteiger partial charge in [-0.15, -0.1) is 0 Å². The van der Waals surface area contributed by atoms with E-state index in [1.165, 1.54) is 0 Å². The Morgan fingerprint density at radius 2 is 1.76 bits per heavy atom. The standard InChI is InChI=1S/C30H39ClN2O4/c1-30(2,3)24-25(32-18-21-17-22(31)15-16-23(21)37-4)26(19-11-7-5-8-12-19)33(27(24)29(35)36)28(34)20-13-9-6-10-14-20/h5,7-8,11-12,15-17,20,24-27,32H,6,9-10,13-14,18H2,1-4H3,(H,35,36)/t24-,25-,26-,27-/m0/s1. The average molecular weight is 527 g/mol. The summed E-state index contributed by atoms with van der Waals surface area (Å²) >= 11 is 6.30. The molecule has 1 amide bonds. The Bertz CT molecular complexity index is 1090. The van der Waals surface area contributed by atoms with Crippen molar-refractivity contribution in [2.45, 2.75) is 77.5 Å². The topological polar surface area (TPSA) is 78.9 Å². The summed E-state index contributed by atoms with van der Waals surface area (Å²) in [5.74, 6) is -0.722. The van der Waals surface area contributed by atoms with E-state index in [0.717, 1.165) is 43.2 Å². The van der Waals surface area contributed by atoms with Gasteiger partial charge in [0.2, 0.25) is 5.91 Å². The van der Waals surface area contributed by atoms with Crippen LogP contribution in [0.5, 0.6) is 5.75 Å². The summed E-state index contributed by atoms with van der Waals surface area (Å²) in [6, 6.07) is 13.7. The summed E-state index contributed by atoms with van der Waals surface area (Å²) in [6.07, 6.45) is 4.79. The van der Waals surface area contributed by atoms with E-state index in [9.17, 15) is 14.7 Å². The number of halogens is 1. The van der Waals surface area contributed by atoms with Crippen LogP contribution in [0, 0.1) is 17.3 Å². The first-order valence-electron chi connectivity index (χ1n) is 13.3. The van der Waals surface area contributed by atoms with Crippen LogP contribution in [0.25, 0.3) is 0 Å². The van der Waals surface area contributed by atoms with Gasteiger partial charge in [-0.1, -0.05) is 82.0 Å². The number of likely N-dealkylation sites (tertiary alicyclic amines) is 1. The predicted molar refractivity (Wildman–Crippen MR) is 146 cm³/mol. The van der Waals surface area contributed by atoms with Crippen LogP contribution in [-0.4, -0.2) is 41.1 Å². The van der Waals surface area contributed by atoms with E-state index < -0.39 is 18.1 Å². The molecular formula is C30H39ClN2O4. The molecule has 0 aromatic heterocycles. The lowest BCUT2D eigenvalue weighted by Crippen LogP contribution is -2.49. The van der Waals surface area contributed by atoms with Gasteiger partial charge in [0, 0.05) is 35.0 Å². The zero-order chi connectivity index (χ0) is 26.7. The van der Waals surface area contributed by atoms with E-state index in [0.29, 0.717) is 17.3 Å². The highest BCUT2D eigenvalue weighted by atomic mass is 35.5. The fraction of sp³-hybridized carbons (Fsp3) is 0.533. The number of hydrogen-bond donors (Lipinski definition) is 2. The molecule has 7 heteroatoms. The quantitative estimate of drug-likeness (QED) is 0.456. The van der Waals surface area contributed by atoms with Gasteiger partial charge in [-0.25, -0.2) is 4.79 Å². The van der Waals surface area contributed by atoms with E-state index in [1.54, 1.807) is 18.1 Å². The molecule has 0 bridgehead atoms. The lowest BCUT2D eigenvalue weighted by Gasteiger charge is -2.36. The number of nitrogens with zero attached hydrogens (tertiary/aromatic N) is 1. The van der Waals surface area contributed by atoms with Crippen molar-refractivity contribution in [3.05, 3.63) is 64.7 Å². The van der Waals surface area contributed by atoms with Gasteiger partial charge >= 0.3 is 5.97 Å². The highest BCUT2D eigenvalue weighted by molar-refractivity contribution is 6.30. The lowest BCUT2D eigenvalue weighted by molar-refractivity contribution is -0.154. The Balaban J connectivity index is 1.80. The first-order valence-corrected chi connectivity index (χ1v) is 13.7. The molecule has 0 unspecified atom stereocenters. The van der Waals surface area contributed by atoms with Crippen LogP contribution in [0.2, 0.25) is 5.02 Å². The molecule has 4 atom stereocenters. The Labute approximate surface area is 225 Å². The third kappa shape index (κ3) is 5.80. The van der Waals surface area contributed by atoms with Crippen molar-refractivity contribution in [2.75, 3.05) is 7.11 Å². The minimum atomic E-state index is -0.949. The lowest BCUT2D eigenvalue weighted by atomic mass is 9.72. The van der Waals surface area contributed by atoms with Crippen LogP contribution in [0.15, 0.2) is 48.5 Å². The summed E-state index contributed by atoms with van der Waals surface area (Å²) in [5.41, 5.74) is 1.45. The molecule has 1 saturated carbocycles. The Kier molecular flexibility index (Phi) is 8.49. The van der Waals surface area contributed by atoms with Crippen LogP contribution >= 0.6 is 11.6 Å². The number of amides is 1. The molecule has 4 rings (SSSR count). The Hall–Kier alpha value is -2.57. The van der Waals surface area contributed by atoms with Crippen LogP contribution < -0.4 is 10.1 Å². The Morgan fingerprint density at radius 1 is 1.08 bits per heavy atom. The number of aliphatic carboxylic acids is 1. The van der Waals surface area contributed by atoms with Gasteiger partial charge < -0.3 is 20.1 Å². The van der Waals surface area contributed by atoms with Gasteiger partial charge in [0.05, 0.1) is 13.2 Å². The summed E-state index contributed by atoms with van der Waals surface area (Å²) in [5, 5.41) is 14.9. The van der Waals surface area contributed by atoms with Crippen LogP contribution in [0.3, 0.4) is 0 Å². The average Bonchev–Trinajstić information content (AvgIpc) is 3.24. The maximum absolute atomic E-state index is 14.1. The number of nitrogens with one attached hydrogen (secondary N) is 1. The zero-order valence-corrected chi connectivity index (χ0v) is 23.0. The third-order valence-corrected chi connectivity index (χ3v) is 8.28. The molecule has 200 valence electrons. The highest BCUT2D eigenvalue weighted by Crippen LogP contribution is 2.49. The molecule has 1 saturated heterocycles. The van der Waals surface area contributed by atoms with E-state index in [4.69, 9.17) is 16.3 Å². The van der Waals surface area contributed by atoms with Gasteiger partial charge in [-0.2, -0.15) is 0 Å². The van der Waals surface area contributed by atoms with Crippen molar-refractivity contribution in [1.82, 2.24) is 10.2 Å². The van der Waals surface area contributed by atoms with Crippen molar-refractivity contribution in [2.24, 2.45) is 17.3 Å². The number of carbonyl (C=O) groups is 2. The number of rotatable bonds is 7. The minimum Gasteiger partial charge on any atom is -0.496 e. The molecule has 2 aromatic carbocycles. The molecule has 2 aromatic rings. The van der Waals surface area contributed by atoms with E-state index in [1.807, 2.05) is 42.5 Å². The fourth-order valence-corrected chi connectivity index (χ4v) is 6.60. The normalized spacial score (nSPS) is 24.7. The van der Waals surface area contributed by atoms with Gasteiger partial charge in [0.1, 0.15) is 11.8 Å². The van der Waals surface area contributed by atoms with E-state index in [2.05, 4.69) is 26.1 Å². The van der Waals surface area contributed by atoms with Crippen LogP contribution in [0.1, 0.15) is 70.0 Å². The van der Waals surface area contributed by atoms with Gasteiger partial charge in [0.15, 0.2) is 0 Å². The van der Waals surface area contributed by atoms with Crippen molar-refractivity contribution < 1.29 is 19.4 Å². The second-order valence-corrected chi connectivity index (χ2v) is 11.9. The van der Waals surface area contributed by atoms with Crippen molar-refractivity contribution >= 4 is 23.5 Å². The molecule has 2 fully saturated rings.